The normalized spacial score (nSPS) is 13.1. The molecule has 7 heteroatoms. The summed E-state index contributed by atoms with van der Waals surface area (Å²) in [7, 11) is 0. The Morgan fingerprint density at radius 1 is 0.239 bits per heavy atom. The Morgan fingerprint density at radius 2 is 0.590 bits per heavy atom. The molecule has 117 heavy (non-hydrogen) atoms. The molecule has 0 amide bonds. The number of benzene rings is 18. The number of rotatable bonds is 13. The Labute approximate surface area is 679 Å². The highest BCUT2D eigenvalue weighted by atomic mass is 32.1. The molecule has 22 aromatic rings. The van der Waals surface area contributed by atoms with E-state index in [2.05, 4.69) is 398 Å². The van der Waals surface area contributed by atoms with Crippen LogP contribution in [0.2, 0.25) is 0 Å². The molecule has 0 unspecified atom stereocenters. The van der Waals surface area contributed by atoms with Crippen molar-refractivity contribution in [3.05, 3.63) is 457 Å². The van der Waals surface area contributed by atoms with E-state index in [1.54, 1.807) is 0 Å². The molecule has 0 bridgehead atoms. The number of hydrogen-bond acceptors (Lipinski definition) is 6. The van der Waals surface area contributed by atoms with Gasteiger partial charge in [-0.3, -0.25) is 0 Å². The van der Waals surface area contributed by atoms with E-state index in [-0.39, 0.29) is 0 Å². The summed E-state index contributed by atoms with van der Waals surface area (Å²) >= 11 is 1.25. The number of furan rings is 2. The fourth-order valence-electron chi connectivity index (χ4n) is 19.8. The standard InChI is InChI=1S/C110H68N4O2S/c1-5-21-78(22-6-1)109(79-23-7-2-8-24-79)96-33-17-13-29-86(96)88-55-43-74(65-98(88)109)69-37-49-82(50-38-69)113(83-51-39-70(40-52-83)75-44-56-89-87-30-14-18-34-97(87)110(99(89)66-75,80-25-9-3-10-26-80)81-27-11-4-12-28-81)102-62-59-85(107-108(102)112-117-111-107)71-41-53-84(54-42-71)114-100-60-47-72(76-45-57-92-90-31-15-19-35-103(90)115-105(92)67-76)63-94(100)95-64-73(48-61-101(95)114)77-46-58-93-91-32-16-20-36-104(91)116-106(93)68-77/h1-68H. The highest BCUT2D eigenvalue weighted by Crippen LogP contribution is 2.59. The maximum absolute atomic E-state index is 6.45. The summed E-state index contributed by atoms with van der Waals surface area (Å²) in [5, 5.41) is 6.75. The van der Waals surface area contributed by atoms with E-state index in [1.165, 1.54) is 78.5 Å². The van der Waals surface area contributed by atoms with Crippen molar-refractivity contribution >= 4 is 106 Å². The van der Waals surface area contributed by atoms with Crippen molar-refractivity contribution in [1.82, 2.24) is 13.3 Å². The first-order valence-corrected chi connectivity index (χ1v) is 40.7. The van der Waals surface area contributed by atoms with Crippen LogP contribution in [-0.2, 0) is 10.8 Å². The second-order valence-corrected chi connectivity index (χ2v) is 31.6. The number of fused-ring (bicyclic) bond motifs is 16. The van der Waals surface area contributed by atoms with E-state index >= 15 is 0 Å². The molecule has 0 atom stereocenters. The Bertz CT molecular complexity index is 7260. The molecule has 2 aliphatic rings. The summed E-state index contributed by atoms with van der Waals surface area (Å²) in [5.41, 5.74) is 36.4. The fourth-order valence-corrected chi connectivity index (χ4v) is 20.4. The van der Waals surface area contributed by atoms with Crippen molar-refractivity contribution in [1.29, 1.82) is 0 Å². The largest absolute Gasteiger partial charge is 0.456 e. The van der Waals surface area contributed by atoms with Crippen LogP contribution in [0, 0.1) is 0 Å². The third-order valence-corrected chi connectivity index (χ3v) is 25.6. The molecule has 0 fully saturated rings. The predicted molar refractivity (Wildman–Crippen MR) is 483 cm³/mol. The number of para-hydroxylation sites is 2. The van der Waals surface area contributed by atoms with Crippen molar-refractivity contribution in [3.8, 4) is 83.6 Å². The van der Waals surface area contributed by atoms with Crippen molar-refractivity contribution in [3.63, 3.8) is 0 Å². The van der Waals surface area contributed by atoms with Crippen LogP contribution in [0.5, 0.6) is 0 Å². The van der Waals surface area contributed by atoms with Gasteiger partial charge in [-0.15, -0.1) is 0 Å². The molecular formula is C110H68N4O2S. The van der Waals surface area contributed by atoms with Gasteiger partial charge >= 0.3 is 0 Å². The highest BCUT2D eigenvalue weighted by molar-refractivity contribution is 7.00. The Hall–Kier alpha value is -15.0. The summed E-state index contributed by atoms with van der Waals surface area (Å²) in [6.07, 6.45) is 0. The summed E-state index contributed by atoms with van der Waals surface area (Å²) in [5.74, 6) is 0. The van der Waals surface area contributed by atoms with Crippen LogP contribution in [0.25, 0.3) is 160 Å². The van der Waals surface area contributed by atoms with E-state index in [0.29, 0.717) is 0 Å². The minimum Gasteiger partial charge on any atom is -0.456 e. The van der Waals surface area contributed by atoms with Crippen LogP contribution in [0.1, 0.15) is 44.5 Å². The minimum atomic E-state index is -0.528. The molecule has 0 saturated heterocycles. The van der Waals surface area contributed by atoms with Gasteiger partial charge in [0.2, 0.25) is 0 Å². The van der Waals surface area contributed by atoms with Crippen molar-refractivity contribution in [2.75, 3.05) is 4.90 Å². The lowest BCUT2D eigenvalue weighted by atomic mass is 9.67. The van der Waals surface area contributed by atoms with Crippen molar-refractivity contribution in [2.45, 2.75) is 10.8 Å². The quantitative estimate of drug-likeness (QED) is 0.115. The van der Waals surface area contributed by atoms with Gasteiger partial charge in [0.1, 0.15) is 33.4 Å². The molecule has 24 rings (SSSR count). The van der Waals surface area contributed by atoms with E-state index in [9.17, 15) is 0 Å². The van der Waals surface area contributed by atoms with Gasteiger partial charge in [-0.25, -0.2) is 0 Å². The second-order valence-electron chi connectivity index (χ2n) is 31.1. The molecule has 0 spiro atoms. The molecule has 6 nitrogen and oxygen atoms in total. The van der Waals surface area contributed by atoms with Gasteiger partial charge in [0.05, 0.1) is 39.3 Å². The fraction of sp³-hybridized carbons (Fsp3) is 0.0182. The van der Waals surface area contributed by atoms with Gasteiger partial charge in [0.25, 0.3) is 0 Å². The minimum absolute atomic E-state index is 0.528. The molecule has 4 heterocycles. The van der Waals surface area contributed by atoms with Gasteiger partial charge in [-0.1, -0.05) is 291 Å². The molecule has 2 aliphatic carbocycles. The smallest absolute Gasteiger partial charge is 0.136 e. The number of anilines is 3. The molecular weight excluding hydrogens is 1440 g/mol. The van der Waals surface area contributed by atoms with Crippen LogP contribution < -0.4 is 4.90 Å². The maximum atomic E-state index is 6.45. The first kappa shape index (κ1) is 66.6. The van der Waals surface area contributed by atoms with Gasteiger partial charge in [0.15, 0.2) is 0 Å². The molecule has 18 aromatic carbocycles. The van der Waals surface area contributed by atoms with Gasteiger partial charge < -0.3 is 18.3 Å². The SMILES string of the molecule is c1ccc(C2(c3ccccc3)c3ccccc3-c3ccc(-c4ccc(N(c5ccc(-c6ccc7c(c6)C(c6ccccc6)(c6ccccc6)c6ccccc6-7)cc5)c5ccc(-c6ccc(-n7c8ccc(-c9ccc%10c(c9)oc9ccccc9%10)cc8c8cc(-c9ccc%10c(c9)oc9ccccc9%10)ccc87)cc6)c6nsnc56)cc4)cc32)cc1. The van der Waals surface area contributed by atoms with Crippen LogP contribution in [-0.4, -0.2) is 13.3 Å². The Balaban J connectivity index is 0.622. The summed E-state index contributed by atoms with van der Waals surface area (Å²) < 4.78 is 25.7. The number of hydrogen-bond donors (Lipinski definition) is 0. The van der Waals surface area contributed by atoms with E-state index in [0.717, 1.165) is 155 Å². The zero-order valence-electron chi connectivity index (χ0n) is 63.3. The molecule has 0 radical (unpaired) electrons. The number of aromatic nitrogens is 3. The third kappa shape index (κ3) is 10.2. The lowest BCUT2D eigenvalue weighted by Gasteiger charge is -2.34. The molecule has 0 saturated carbocycles. The highest BCUT2D eigenvalue weighted by Gasteiger charge is 2.48. The summed E-state index contributed by atoms with van der Waals surface area (Å²) in [6, 6.07) is 152. The monoisotopic (exact) mass is 1510 g/mol. The van der Waals surface area contributed by atoms with Gasteiger partial charge in [-0.05, 0) is 238 Å². The summed E-state index contributed by atoms with van der Waals surface area (Å²) in [4.78, 5) is 2.36. The van der Waals surface area contributed by atoms with E-state index in [1.807, 2.05) is 24.3 Å². The lowest BCUT2D eigenvalue weighted by molar-refractivity contribution is 0.668. The predicted octanol–water partition coefficient (Wildman–Crippen LogP) is 29.1. The second kappa shape index (κ2) is 26.3. The first-order chi connectivity index (χ1) is 58.0. The first-order valence-electron chi connectivity index (χ1n) is 40.0. The van der Waals surface area contributed by atoms with E-state index in [4.69, 9.17) is 17.6 Å². The topological polar surface area (TPSA) is 60.2 Å². The van der Waals surface area contributed by atoms with Crippen LogP contribution in [0.4, 0.5) is 17.1 Å². The summed E-state index contributed by atoms with van der Waals surface area (Å²) in [6.45, 7) is 0. The van der Waals surface area contributed by atoms with Crippen LogP contribution in [0.15, 0.2) is 421 Å². The molecule has 0 aliphatic heterocycles. The average molecular weight is 1510 g/mol. The zero-order valence-corrected chi connectivity index (χ0v) is 64.1. The van der Waals surface area contributed by atoms with Gasteiger partial charge in [0, 0.05) is 54.9 Å². The zero-order chi connectivity index (χ0) is 76.9. The lowest BCUT2D eigenvalue weighted by Crippen LogP contribution is -2.28. The van der Waals surface area contributed by atoms with E-state index < -0.39 is 10.8 Å². The molecule has 4 aromatic heterocycles. The van der Waals surface area contributed by atoms with Crippen LogP contribution >= 0.6 is 11.7 Å². The third-order valence-electron chi connectivity index (χ3n) is 25.1. The Kier molecular flexibility index (Phi) is 15.0. The Morgan fingerprint density at radius 3 is 1.06 bits per heavy atom. The number of nitrogens with zero attached hydrogens (tertiary/aromatic N) is 4. The van der Waals surface area contributed by atoms with Crippen molar-refractivity contribution < 1.29 is 8.83 Å². The molecule has 546 valence electrons. The van der Waals surface area contributed by atoms with Crippen LogP contribution in [0.3, 0.4) is 0 Å². The van der Waals surface area contributed by atoms with Crippen molar-refractivity contribution in [2.24, 2.45) is 0 Å². The average Bonchev–Trinajstić information content (AvgIpc) is 1.55. The molecule has 0 N–H and O–H groups in total. The maximum Gasteiger partial charge on any atom is 0.136 e. The van der Waals surface area contributed by atoms with Gasteiger partial charge in [-0.2, -0.15) is 8.75 Å².